The van der Waals surface area contributed by atoms with Gasteiger partial charge in [0.05, 0.1) is 12.4 Å². The van der Waals surface area contributed by atoms with Gasteiger partial charge >= 0.3 is 0 Å². The van der Waals surface area contributed by atoms with Crippen molar-refractivity contribution in [3.63, 3.8) is 0 Å². The van der Waals surface area contributed by atoms with E-state index in [9.17, 15) is 4.79 Å². The Morgan fingerprint density at radius 1 is 1.08 bits per heavy atom. The maximum absolute atomic E-state index is 12.6. The average molecular weight is 338 g/mol. The number of nitrogens with zero attached hydrogens (tertiary/aromatic N) is 4. The van der Waals surface area contributed by atoms with Crippen molar-refractivity contribution in [2.75, 3.05) is 24.5 Å². The fourth-order valence-corrected chi connectivity index (χ4v) is 3.30. The summed E-state index contributed by atoms with van der Waals surface area (Å²) in [6, 6.07) is 8.52. The Morgan fingerprint density at radius 2 is 1.80 bits per heavy atom. The van der Waals surface area contributed by atoms with Crippen molar-refractivity contribution < 1.29 is 4.79 Å². The molecular weight excluding hydrogens is 312 g/mol. The van der Waals surface area contributed by atoms with Gasteiger partial charge in [0.2, 0.25) is 0 Å². The lowest BCUT2D eigenvalue weighted by molar-refractivity contribution is 0.0749. The predicted molar refractivity (Wildman–Crippen MR) is 99.7 cm³/mol. The van der Waals surface area contributed by atoms with Crippen molar-refractivity contribution in [1.82, 2.24) is 14.9 Å². The number of anilines is 1. The summed E-state index contributed by atoms with van der Waals surface area (Å²) in [5.74, 6) is 0.815. The zero-order chi connectivity index (χ0) is 17.6. The molecule has 0 bridgehead atoms. The van der Waals surface area contributed by atoms with Gasteiger partial charge < -0.3 is 9.80 Å². The van der Waals surface area contributed by atoms with Gasteiger partial charge in [0.15, 0.2) is 0 Å². The third kappa shape index (κ3) is 3.98. The van der Waals surface area contributed by atoms with Gasteiger partial charge in [-0.3, -0.25) is 4.79 Å². The number of carbonyl (C=O) groups excluding carboxylic acids is 1. The summed E-state index contributed by atoms with van der Waals surface area (Å²) in [5, 5.41) is 0. The van der Waals surface area contributed by atoms with Gasteiger partial charge in [-0.05, 0) is 30.4 Å². The standard InChI is InChI=1S/C20H26N4O/c1-3-10-23(11-4-2)20(25)18-13-22-19(14-21-18)24-12-9-16-7-5-6-8-17(16)15-24/h5-8,13-14H,3-4,9-12,15H2,1-2H3. The molecule has 0 unspecified atom stereocenters. The van der Waals surface area contributed by atoms with Gasteiger partial charge in [0.25, 0.3) is 5.91 Å². The Morgan fingerprint density at radius 3 is 2.44 bits per heavy atom. The lowest BCUT2D eigenvalue weighted by Crippen LogP contribution is -2.34. The van der Waals surface area contributed by atoms with Crippen molar-refractivity contribution in [3.05, 3.63) is 53.5 Å². The molecule has 1 aliphatic rings. The largest absolute Gasteiger partial charge is 0.351 e. The van der Waals surface area contributed by atoms with Crippen LogP contribution in [-0.4, -0.2) is 40.4 Å². The highest BCUT2D eigenvalue weighted by Gasteiger charge is 2.19. The molecule has 5 nitrogen and oxygen atoms in total. The second kappa shape index (κ2) is 8.10. The van der Waals surface area contributed by atoms with Crippen LogP contribution in [0.5, 0.6) is 0 Å². The van der Waals surface area contributed by atoms with E-state index >= 15 is 0 Å². The highest BCUT2D eigenvalue weighted by atomic mass is 16.2. The Labute approximate surface area is 149 Å². The number of amides is 1. The van der Waals surface area contributed by atoms with Gasteiger partial charge in [0.1, 0.15) is 11.5 Å². The van der Waals surface area contributed by atoms with E-state index in [0.29, 0.717) is 5.69 Å². The van der Waals surface area contributed by atoms with Crippen molar-refractivity contribution >= 4 is 11.7 Å². The van der Waals surface area contributed by atoms with Crippen molar-refractivity contribution in [3.8, 4) is 0 Å². The zero-order valence-electron chi connectivity index (χ0n) is 15.1. The molecule has 0 saturated carbocycles. The molecule has 1 amide bonds. The highest BCUT2D eigenvalue weighted by Crippen LogP contribution is 2.22. The summed E-state index contributed by atoms with van der Waals surface area (Å²) < 4.78 is 0. The van der Waals surface area contributed by atoms with Gasteiger partial charge in [-0.15, -0.1) is 0 Å². The molecule has 1 aromatic carbocycles. The number of carbonyl (C=O) groups is 1. The van der Waals surface area contributed by atoms with Crippen LogP contribution in [-0.2, 0) is 13.0 Å². The van der Waals surface area contributed by atoms with Crippen LogP contribution in [0.3, 0.4) is 0 Å². The molecule has 0 atom stereocenters. The maximum atomic E-state index is 12.6. The van der Waals surface area contributed by atoms with Crippen LogP contribution in [0.4, 0.5) is 5.82 Å². The first-order valence-electron chi connectivity index (χ1n) is 9.16. The van der Waals surface area contributed by atoms with E-state index in [0.717, 1.165) is 51.3 Å². The molecule has 0 saturated heterocycles. The summed E-state index contributed by atoms with van der Waals surface area (Å²) in [4.78, 5) is 25.6. The summed E-state index contributed by atoms with van der Waals surface area (Å²) >= 11 is 0. The second-order valence-corrected chi connectivity index (χ2v) is 6.49. The maximum Gasteiger partial charge on any atom is 0.274 e. The molecule has 25 heavy (non-hydrogen) atoms. The monoisotopic (exact) mass is 338 g/mol. The molecule has 2 aromatic rings. The number of aromatic nitrogens is 2. The van der Waals surface area contributed by atoms with Crippen LogP contribution in [0, 0.1) is 0 Å². The Balaban J connectivity index is 1.71. The first-order chi connectivity index (χ1) is 12.2. The molecule has 1 aromatic heterocycles. The topological polar surface area (TPSA) is 49.3 Å². The fraction of sp³-hybridized carbons (Fsp3) is 0.450. The predicted octanol–water partition coefficient (Wildman–Crippen LogP) is 3.30. The normalized spacial score (nSPS) is 13.4. The van der Waals surface area contributed by atoms with Gasteiger partial charge in [0, 0.05) is 26.2 Å². The SMILES string of the molecule is CCCN(CCC)C(=O)c1cnc(N2CCc3ccccc3C2)cn1. The molecule has 0 spiro atoms. The third-order valence-electron chi connectivity index (χ3n) is 4.59. The van der Waals surface area contributed by atoms with Crippen LogP contribution >= 0.6 is 0 Å². The minimum absolute atomic E-state index is 0.0215. The molecular formula is C20H26N4O. The molecule has 5 heteroatoms. The number of fused-ring (bicyclic) bond motifs is 1. The fourth-order valence-electron chi connectivity index (χ4n) is 3.30. The third-order valence-corrected chi connectivity index (χ3v) is 4.59. The summed E-state index contributed by atoms with van der Waals surface area (Å²) in [6.07, 6.45) is 6.27. The van der Waals surface area contributed by atoms with Crippen molar-refractivity contribution in [2.45, 2.75) is 39.7 Å². The summed E-state index contributed by atoms with van der Waals surface area (Å²) in [7, 11) is 0. The minimum Gasteiger partial charge on any atom is -0.351 e. The number of rotatable bonds is 6. The minimum atomic E-state index is -0.0215. The van der Waals surface area contributed by atoms with E-state index in [1.807, 2.05) is 4.90 Å². The molecule has 2 heterocycles. The summed E-state index contributed by atoms with van der Waals surface area (Å²) in [5.41, 5.74) is 3.18. The number of benzene rings is 1. The molecule has 132 valence electrons. The Hall–Kier alpha value is -2.43. The van der Waals surface area contributed by atoms with Gasteiger partial charge in [-0.25, -0.2) is 9.97 Å². The number of hydrogen-bond donors (Lipinski definition) is 0. The van der Waals surface area contributed by atoms with E-state index < -0.39 is 0 Å². The highest BCUT2D eigenvalue weighted by molar-refractivity contribution is 5.92. The first kappa shape index (κ1) is 17.4. The Bertz CT molecular complexity index is 708. The zero-order valence-corrected chi connectivity index (χ0v) is 15.1. The smallest absolute Gasteiger partial charge is 0.274 e. The number of hydrogen-bond acceptors (Lipinski definition) is 4. The van der Waals surface area contributed by atoms with Crippen LogP contribution in [0.1, 0.15) is 48.3 Å². The Kier molecular flexibility index (Phi) is 5.64. The van der Waals surface area contributed by atoms with E-state index in [-0.39, 0.29) is 5.91 Å². The van der Waals surface area contributed by atoms with Crippen molar-refractivity contribution in [2.24, 2.45) is 0 Å². The van der Waals surface area contributed by atoms with Crippen LogP contribution < -0.4 is 4.90 Å². The lowest BCUT2D eigenvalue weighted by Gasteiger charge is -2.29. The van der Waals surface area contributed by atoms with Crippen LogP contribution in [0.2, 0.25) is 0 Å². The van der Waals surface area contributed by atoms with E-state index in [2.05, 4.69) is 53.0 Å². The second-order valence-electron chi connectivity index (χ2n) is 6.49. The van der Waals surface area contributed by atoms with Gasteiger partial charge in [-0.2, -0.15) is 0 Å². The van der Waals surface area contributed by atoms with Crippen LogP contribution in [0.15, 0.2) is 36.7 Å². The molecule has 1 aliphatic heterocycles. The van der Waals surface area contributed by atoms with E-state index in [4.69, 9.17) is 0 Å². The average Bonchev–Trinajstić information content (AvgIpc) is 2.67. The van der Waals surface area contributed by atoms with E-state index in [1.165, 1.54) is 11.1 Å². The lowest BCUT2D eigenvalue weighted by atomic mass is 10.0. The molecule has 0 aliphatic carbocycles. The first-order valence-corrected chi connectivity index (χ1v) is 9.16. The van der Waals surface area contributed by atoms with Gasteiger partial charge in [-0.1, -0.05) is 38.1 Å². The van der Waals surface area contributed by atoms with E-state index in [1.54, 1.807) is 12.4 Å². The summed E-state index contributed by atoms with van der Waals surface area (Å²) in [6.45, 7) is 7.46. The molecule has 0 fully saturated rings. The molecule has 0 radical (unpaired) electrons. The van der Waals surface area contributed by atoms with Crippen molar-refractivity contribution in [1.29, 1.82) is 0 Å². The molecule has 3 rings (SSSR count). The quantitative estimate of drug-likeness (QED) is 0.811. The molecule has 0 N–H and O–H groups in total. The van der Waals surface area contributed by atoms with Crippen LogP contribution in [0.25, 0.3) is 0 Å².